The molecule has 2 aliphatic heterocycles. The lowest BCUT2D eigenvalue weighted by Gasteiger charge is -2.32. The summed E-state index contributed by atoms with van der Waals surface area (Å²) in [5, 5.41) is 3.65. The Hall–Kier alpha value is -2.97. The Kier molecular flexibility index (Phi) is 5.61. The number of guanidine groups is 1. The molecule has 1 aliphatic carbocycles. The summed E-state index contributed by atoms with van der Waals surface area (Å²) < 4.78 is 29.3. The Morgan fingerprint density at radius 2 is 1.97 bits per heavy atom. The summed E-state index contributed by atoms with van der Waals surface area (Å²) in [6, 6.07) is 3.49. The zero-order chi connectivity index (χ0) is 24.2. The monoisotopic (exact) mass is 470 g/mol. The maximum Gasteiger partial charge on any atom is 0.286 e. The Balaban J connectivity index is 1.54. The number of aromatic nitrogens is 2. The van der Waals surface area contributed by atoms with E-state index in [1.54, 1.807) is 18.0 Å². The maximum absolute atomic E-state index is 13.6. The van der Waals surface area contributed by atoms with Crippen LogP contribution in [0.15, 0.2) is 29.5 Å². The van der Waals surface area contributed by atoms with Gasteiger partial charge in [-0.2, -0.15) is 8.78 Å². The van der Waals surface area contributed by atoms with Gasteiger partial charge < -0.3 is 14.8 Å². The number of alkyl halides is 2. The number of halogens is 2. The van der Waals surface area contributed by atoms with Gasteiger partial charge in [0.1, 0.15) is 17.1 Å². The van der Waals surface area contributed by atoms with Gasteiger partial charge in [-0.25, -0.2) is 4.99 Å². The third-order valence-electron chi connectivity index (χ3n) is 7.15. The predicted octanol–water partition coefficient (Wildman–Crippen LogP) is 4.68. The van der Waals surface area contributed by atoms with E-state index in [4.69, 9.17) is 4.99 Å². The minimum absolute atomic E-state index is 0.0762. The number of amides is 1. The summed E-state index contributed by atoms with van der Waals surface area (Å²) in [5.74, 6) is -1.21. The molecular weight excluding hydrogens is 438 g/mol. The average Bonchev–Trinajstić information content (AvgIpc) is 3.52. The SMILES string of the molecule is CC(C)[C@@H]1CN2C(=N1)N(C)C(=O)c1c2cn(Cc2ccc(C(C)(F)F)nc2)c1NC1CCCC1. The van der Waals surface area contributed by atoms with Gasteiger partial charge in [-0.1, -0.05) is 32.8 Å². The maximum atomic E-state index is 13.6. The molecule has 0 spiro atoms. The van der Waals surface area contributed by atoms with Crippen molar-refractivity contribution in [3.05, 3.63) is 41.3 Å². The quantitative estimate of drug-likeness (QED) is 0.666. The molecule has 2 aromatic heterocycles. The van der Waals surface area contributed by atoms with Crippen LogP contribution >= 0.6 is 0 Å². The molecule has 9 heteroatoms. The van der Waals surface area contributed by atoms with E-state index in [-0.39, 0.29) is 17.6 Å². The minimum Gasteiger partial charge on any atom is -0.368 e. The van der Waals surface area contributed by atoms with E-state index in [0.717, 1.165) is 43.4 Å². The number of anilines is 2. The summed E-state index contributed by atoms with van der Waals surface area (Å²) in [4.78, 5) is 26.1. The first-order chi connectivity index (χ1) is 16.1. The Morgan fingerprint density at radius 3 is 2.59 bits per heavy atom. The number of nitrogens with zero attached hydrogens (tertiary/aromatic N) is 5. The molecule has 0 saturated heterocycles. The molecule has 1 atom stereocenters. The molecule has 0 aromatic carbocycles. The molecule has 5 rings (SSSR count). The number of hydrogen-bond acceptors (Lipinski definition) is 5. The molecule has 0 unspecified atom stereocenters. The fourth-order valence-electron chi connectivity index (χ4n) is 5.09. The molecule has 0 radical (unpaired) electrons. The van der Waals surface area contributed by atoms with Gasteiger partial charge in [0.15, 0.2) is 0 Å². The van der Waals surface area contributed by atoms with Crippen LogP contribution in [0.1, 0.15) is 68.1 Å². The number of carbonyl (C=O) groups excluding carboxylic acids is 1. The average molecular weight is 471 g/mol. The molecule has 3 aliphatic rings. The van der Waals surface area contributed by atoms with Crippen LogP contribution in [0, 0.1) is 5.92 Å². The molecule has 1 amide bonds. The molecule has 1 saturated carbocycles. The minimum atomic E-state index is -2.98. The largest absolute Gasteiger partial charge is 0.368 e. The Bertz CT molecular complexity index is 1110. The van der Waals surface area contributed by atoms with Crippen LogP contribution in [-0.4, -0.2) is 52.0 Å². The molecule has 1 N–H and O–H groups in total. The zero-order valence-corrected chi connectivity index (χ0v) is 20.2. The smallest absolute Gasteiger partial charge is 0.286 e. The van der Waals surface area contributed by atoms with Crippen LogP contribution in [0.5, 0.6) is 0 Å². The van der Waals surface area contributed by atoms with Crippen molar-refractivity contribution in [2.75, 3.05) is 23.8 Å². The van der Waals surface area contributed by atoms with Crippen LogP contribution in [0.25, 0.3) is 0 Å². The van der Waals surface area contributed by atoms with Crippen LogP contribution in [0.2, 0.25) is 0 Å². The number of fused-ring (bicyclic) bond motifs is 3. The van der Waals surface area contributed by atoms with E-state index < -0.39 is 5.92 Å². The van der Waals surface area contributed by atoms with Crippen molar-refractivity contribution in [2.45, 2.75) is 71.0 Å². The number of nitrogens with one attached hydrogen (secondary N) is 1. The lowest BCUT2D eigenvalue weighted by atomic mass is 10.1. The molecule has 34 heavy (non-hydrogen) atoms. The molecule has 4 heterocycles. The summed E-state index contributed by atoms with van der Waals surface area (Å²) in [6.07, 6.45) is 7.97. The molecule has 2 aromatic rings. The van der Waals surface area contributed by atoms with Crippen LogP contribution in [0.4, 0.5) is 20.3 Å². The highest BCUT2D eigenvalue weighted by Gasteiger charge is 2.42. The van der Waals surface area contributed by atoms with Crippen LogP contribution in [-0.2, 0) is 12.5 Å². The fraction of sp³-hybridized carbons (Fsp3) is 0.560. The summed E-state index contributed by atoms with van der Waals surface area (Å²) in [7, 11) is 1.78. The highest BCUT2D eigenvalue weighted by Crippen LogP contribution is 2.40. The van der Waals surface area contributed by atoms with Gasteiger partial charge in [0.2, 0.25) is 5.96 Å². The standard InChI is InChI=1S/C25H32F2N6O/c1-15(2)18-13-33-19-14-32(12-16-9-10-20(28-11-16)25(3,26)27)22(29-17-7-5-6-8-17)21(19)23(34)31(4)24(33)30-18/h9-11,14-15,17-18,29H,5-8,12-13H2,1-4H3/t18-/m0/s1. The van der Waals surface area contributed by atoms with Crippen molar-refractivity contribution in [1.29, 1.82) is 0 Å². The second-order valence-corrected chi connectivity index (χ2v) is 10.1. The fourth-order valence-corrected chi connectivity index (χ4v) is 5.09. The number of aliphatic imine (C=N–C) groups is 1. The van der Waals surface area contributed by atoms with Gasteiger partial charge >= 0.3 is 0 Å². The van der Waals surface area contributed by atoms with Gasteiger partial charge in [-0.15, -0.1) is 0 Å². The van der Waals surface area contributed by atoms with Crippen molar-refractivity contribution in [2.24, 2.45) is 10.9 Å². The topological polar surface area (TPSA) is 65.8 Å². The zero-order valence-electron chi connectivity index (χ0n) is 20.2. The number of carbonyl (C=O) groups is 1. The van der Waals surface area contributed by atoms with Gasteiger partial charge in [0.05, 0.1) is 18.3 Å². The van der Waals surface area contributed by atoms with E-state index in [0.29, 0.717) is 30.0 Å². The first-order valence-electron chi connectivity index (χ1n) is 12.1. The number of rotatable bonds is 6. The van der Waals surface area contributed by atoms with E-state index in [9.17, 15) is 13.6 Å². The lowest BCUT2D eigenvalue weighted by Crippen LogP contribution is -2.48. The van der Waals surface area contributed by atoms with Crippen molar-refractivity contribution in [3.8, 4) is 0 Å². The van der Waals surface area contributed by atoms with Crippen molar-refractivity contribution in [3.63, 3.8) is 0 Å². The second-order valence-electron chi connectivity index (χ2n) is 10.1. The first-order valence-corrected chi connectivity index (χ1v) is 12.1. The molecule has 182 valence electrons. The van der Waals surface area contributed by atoms with Crippen LogP contribution in [0.3, 0.4) is 0 Å². The number of hydrogen-bond donors (Lipinski definition) is 1. The van der Waals surface area contributed by atoms with E-state index in [1.165, 1.54) is 25.1 Å². The Morgan fingerprint density at radius 1 is 1.24 bits per heavy atom. The highest BCUT2D eigenvalue weighted by molar-refractivity contribution is 6.21. The first kappa shape index (κ1) is 22.8. The lowest BCUT2D eigenvalue weighted by molar-refractivity contribution is 0.0127. The van der Waals surface area contributed by atoms with Gasteiger partial charge in [-0.3, -0.25) is 14.7 Å². The van der Waals surface area contributed by atoms with E-state index in [1.807, 2.05) is 10.8 Å². The van der Waals surface area contributed by atoms with Crippen molar-refractivity contribution < 1.29 is 13.6 Å². The molecule has 7 nitrogen and oxygen atoms in total. The van der Waals surface area contributed by atoms with Gasteiger partial charge in [0, 0.05) is 39.0 Å². The summed E-state index contributed by atoms with van der Waals surface area (Å²) in [6.45, 7) is 6.29. The predicted molar refractivity (Wildman–Crippen MR) is 129 cm³/mol. The van der Waals surface area contributed by atoms with Gasteiger partial charge in [-0.05, 0) is 30.4 Å². The van der Waals surface area contributed by atoms with E-state index >= 15 is 0 Å². The third-order valence-corrected chi connectivity index (χ3v) is 7.15. The van der Waals surface area contributed by atoms with Crippen LogP contribution < -0.4 is 10.2 Å². The normalized spacial score (nSPS) is 20.7. The Labute approximate surface area is 198 Å². The van der Waals surface area contributed by atoms with Crippen molar-refractivity contribution in [1.82, 2.24) is 14.5 Å². The molecular formula is C25H32F2N6O. The van der Waals surface area contributed by atoms with Gasteiger partial charge in [0.25, 0.3) is 11.8 Å². The highest BCUT2D eigenvalue weighted by atomic mass is 19.3. The second kappa shape index (κ2) is 8.36. The third kappa shape index (κ3) is 3.95. The van der Waals surface area contributed by atoms with Crippen molar-refractivity contribution >= 4 is 23.4 Å². The number of pyridine rings is 1. The molecule has 0 bridgehead atoms. The summed E-state index contributed by atoms with van der Waals surface area (Å²) in [5.41, 5.74) is 2.06. The summed E-state index contributed by atoms with van der Waals surface area (Å²) >= 11 is 0. The van der Waals surface area contributed by atoms with E-state index in [2.05, 4.69) is 29.0 Å². The molecule has 1 fully saturated rings.